The van der Waals surface area contributed by atoms with Crippen LogP contribution in [-0.4, -0.2) is 19.0 Å². The van der Waals surface area contributed by atoms with Gasteiger partial charge in [-0.1, -0.05) is 18.2 Å². The number of para-hydroxylation sites is 1. The molecule has 1 amide bonds. The van der Waals surface area contributed by atoms with E-state index in [1.165, 1.54) is 5.56 Å². The highest BCUT2D eigenvalue weighted by molar-refractivity contribution is 6.08. The molecule has 1 N–H and O–H groups in total. The number of nitrogens with zero attached hydrogens (tertiary/aromatic N) is 1. The standard InChI is InChI=1S/C18H20N2O/c1-3-19-15-8-9-16(13(2)12-15)18(21)20-11-10-14-6-4-5-7-17(14)20/h4-9,12,19H,3,10-11H2,1-2H3. The van der Waals surface area contributed by atoms with Crippen LogP contribution in [0.5, 0.6) is 0 Å². The summed E-state index contributed by atoms with van der Waals surface area (Å²) in [5.41, 5.74) is 5.18. The molecule has 1 aliphatic heterocycles. The second-order valence-electron chi connectivity index (χ2n) is 5.40. The van der Waals surface area contributed by atoms with Crippen LogP contribution >= 0.6 is 0 Å². The van der Waals surface area contributed by atoms with Gasteiger partial charge in [-0.3, -0.25) is 4.79 Å². The van der Waals surface area contributed by atoms with Crippen LogP contribution in [0.2, 0.25) is 0 Å². The number of hydrogen-bond donors (Lipinski definition) is 1. The molecule has 2 aromatic rings. The zero-order valence-corrected chi connectivity index (χ0v) is 12.5. The first-order valence-electron chi connectivity index (χ1n) is 7.45. The summed E-state index contributed by atoms with van der Waals surface area (Å²) in [6.07, 6.45) is 0.941. The average Bonchev–Trinajstić information content (AvgIpc) is 2.91. The highest BCUT2D eigenvalue weighted by Gasteiger charge is 2.25. The minimum absolute atomic E-state index is 0.0977. The first-order valence-corrected chi connectivity index (χ1v) is 7.45. The molecule has 0 atom stereocenters. The molecule has 0 saturated carbocycles. The molecule has 0 aliphatic carbocycles. The normalized spacial score (nSPS) is 13.1. The quantitative estimate of drug-likeness (QED) is 0.931. The summed E-state index contributed by atoms with van der Waals surface area (Å²) < 4.78 is 0. The maximum Gasteiger partial charge on any atom is 0.258 e. The van der Waals surface area contributed by atoms with Crippen LogP contribution in [0, 0.1) is 6.92 Å². The minimum atomic E-state index is 0.0977. The molecule has 0 unspecified atom stereocenters. The van der Waals surface area contributed by atoms with Crippen LogP contribution in [0.15, 0.2) is 42.5 Å². The van der Waals surface area contributed by atoms with Gasteiger partial charge in [-0.2, -0.15) is 0 Å². The van der Waals surface area contributed by atoms with E-state index in [1.54, 1.807) is 0 Å². The Kier molecular flexibility index (Phi) is 3.65. The fourth-order valence-electron chi connectivity index (χ4n) is 2.91. The third kappa shape index (κ3) is 2.51. The van der Waals surface area contributed by atoms with Gasteiger partial charge >= 0.3 is 0 Å². The number of hydrogen-bond acceptors (Lipinski definition) is 2. The minimum Gasteiger partial charge on any atom is -0.385 e. The van der Waals surface area contributed by atoms with E-state index < -0.39 is 0 Å². The maximum absolute atomic E-state index is 12.8. The molecule has 2 aromatic carbocycles. The Labute approximate surface area is 125 Å². The van der Waals surface area contributed by atoms with E-state index in [9.17, 15) is 4.79 Å². The molecule has 108 valence electrons. The lowest BCUT2D eigenvalue weighted by Crippen LogP contribution is -2.29. The predicted octanol–water partition coefficient (Wildman–Crippen LogP) is 3.63. The molecule has 3 nitrogen and oxygen atoms in total. The average molecular weight is 280 g/mol. The van der Waals surface area contributed by atoms with Crippen LogP contribution in [0.4, 0.5) is 11.4 Å². The Hall–Kier alpha value is -2.29. The Morgan fingerprint density at radius 2 is 2.05 bits per heavy atom. The lowest BCUT2D eigenvalue weighted by atomic mass is 10.1. The fourth-order valence-corrected chi connectivity index (χ4v) is 2.91. The number of fused-ring (bicyclic) bond motifs is 1. The zero-order valence-electron chi connectivity index (χ0n) is 12.5. The van der Waals surface area contributed by atoms with Gasteiger partial charge in [0.15, 0.2) is 0 Å². The second kappa shape index (κ2) is 5.60. The zero-order chi connectivity index (χ0) is 14.8. The number of amides is 1. The Balaban J connectivity index is 1.90. The second-order valence-corrected chi connectivity index (χ2v) is 5.40. The number of carbonyl (C=O) groups is 1. The monoisotopic (exact) mass is 280 g/mol. The molecule has 0 saturated heterocycles. The SMILES string of the molecule is CCNc1ccc(C(=O)N2CCc3ccccc32)c(C)c1. The molecule has 0 bridgehead atoms. The van der Waals surface area contributed by atoms with E-state index in [2.05, 4.69) is 18.3 Å². The number of anilines is 2. The van der Waals surface area contributed by atoms with E-state index in [0.717, 1.165) is 42.0 Å². The number of nitrogens with one attached hydrogen (secondary N) is 1. The van der Waals surface area contributed by atoms with Crippen molar-refractivity contribution in [2.75, 3.05) is 23.3 Å². The molecule has 0 fully saturated rings. The summed E-state index contributed by atoms with van der Waals surface area (Å²) in [7, 11) is 0. The van der Waals surface area contributed by atoms with Crippen molar-refractivity contribution in [1.29, 1.82) is 0 Å². The molecule has 0 spiro atoms. The number of aryl methyl sites for hydroxylation is 1. The number of rotatable bonds is 3. The summed E-state index contributed by atoms with van der Waals surface area (Å²) in [6.45, 7) is 5.71. The third-order valence-corrected chi connectivity index (χ3v) is 3.97. The molecule has 1 heterocycles. The third-order valence-electron chi connectivity index (χ3n) is 3.97. The molecular weight excluding hydrogens is 260 g/mol. The van der Waals surface area contributed by atoms with Gasteiger partial charge in [0.25, 0.3) is 5.91 Å². The molecule has 3 rings (SSSR count). The van der Waals surface area contributed by atoms with Gasteiger partial charge < -0.3 is 10.2 Å². The van der Waals surface area contributed by atoms with Gasteiger partial charge in [0.2, 0.25) is 0 Å². The van der Waals surface area contributed by atoms with Crippen LogP contribution in [0.1, 0.15) is 28.4 Å². The Morgan fingerprint density at radius 1 is 1.24 bits per heavy atom. The molecule has 1 aliphatic rings. The first-order chi connectivity index (χ1) is 10.2. The van der Waals surface area contributed by atoms with Gasteiger partial charge in [-0.15, -0.1) is 0 Å². The molecule has 0 radical (unpaired) electrons. The van der Waals surface area contributed by atoms with Crippen molar-refractivity contribution < 1.29 is 4.79 Å². The number of carbonyl (C=O) groups excluding carboxylic acids is 1. The van der Waals surface area contributed by atoms with E-state index in [-0.39, 0.29) is 5.91 Å². The Bertz CT molecular complexity index is 679. The first kappa shape index (κ1) is 13.7. The number of benzene rings is 2. The summed E-state index contributed by atoms with van der Waals surface area (Å²) >= 11 is 0. The molecule has 21 heavy (non-hydrogen) atoms. The van der Waals surface area contributed by atoms with Crippen molar-refractivity contribution in [3.8, 4) is 0 Å². The summed E-state index contributed by atoms with van der Waals surface area (Å²) in [5.74, 6) is 0.0977. The van der Waals surface area contributed by atoms with Crippen LogP contribution in [-0.2, 0) is 6.42 Å². The van der Waals surface area contributed by atoms with Crippen LogP contribution in [0.3, 0.4) is 0 Å². The summed E-state index contributed by atoms with van der Waals surface area (Å²) in [4.78, 5) is 14.7. The summed E-state index contributed by atoms with van der Waals surface area (Å²) in [6, 6.07) is 14.1. The van der Waals surface area contributed by atoms with Gasteiger partial charge in [-0.25, -0.2) is 0 Å². The predicted molar refractivity (Wildman–Crippen MR) is 87.2 cm³/mol. The molecular formula is C18H20N2O. The molecule has 3 heteroatoms. The smallest absolute Gasteiger partial charge is 0.258 e. The van der Waals surface area contributed by atoms with Gasteiger partial charge in [-0.05, 0) is 55.7 Å². The lowest BCUT2D eigenvalue weighted by Gasteiger charge is -2.19. The van der Waals surface area contributed by atoms with Gasteiger partial charge in [0.05, 0.1) is 0 Å². The lowest BCUT2D eigenvalue weighted by molar-refractivity contribution is 0.0989. The van der Waals surface area contributed by atoms with Crippen LogP contribution < -0.4 is 10.2 Å². The van der Waals surface area contributed by atoms with Crippen molar-refractivity contribution in [2.24, 2.45) is 0 Å². The van der Waals surface area contributed by atoms with E-state index in [4.69, 9.17) is 0 Å². The van der Waals surface area contributed by atoms with Crippen molar-refractivity contribution in [3.05, 3.63) is 59.2 Å². The Morgan fingerprint density at radius 3 is 2.81 bits per heavy atom. The highest BCUT2D eigenvalue weighted by Crippen LogP contribution is 2.29. The highest BCUT2D eigenvalue weighted by atomic mass is 16.2. The van der Waals surface area contributed by atoms with E-state index in [0.29, 0.717) is 0 Å². The van der Waals surface area contributed by atoms with E-state index >= 15 is 0 Å². The van der Waals surface area contributed by atoms with Crippen molar-refractivity contribution >= 4 is 17.3 Å². The fraction of sp³-hybridized carbons (Fsp3) is 0.278. The topological polar surface area (TPSA) is 32.3 Å². The molecule has 0 aromatic heterocycles. The van der Waals surface area contributed by atoms with Crippen molar-refractivity contribution in [1.82, 2.24) is 0 Å². The maximum atomic E-state index is 12.8. The van der Waals surface area contributed by atoms with Crippen molar-refractivity contribution in [2.45, 2.75) is 20.3 Å². The van der Waals surface area contributed by atoms with E-state index in [1.807, 2.05) is 48.2 Å². The summed E-state index contributed by atoms with van der Waals surface area (Å²) in [5, 5.41) is 3.27. The van der Waals surface area contributed by atoms with Gasteiger partial charge in [0, 0.05) is 30.0 Å². The largest absolute Gasteiger partial charge is 0.385 e. The van der Waals surface area contributed by atoms with Gasteiger partial charge in [0.1, 0.15) is 0 Å². The van der Waals surface area contributed by atoms with Crippen LogP contribution in [0.25, 0.3) is 0 Å². The van der Waals surface area contributed by atoms with Crippen molar-refractivity contribution in [3.63, 3.8) is 0 Å².